The topological polar surface area (TPSA) is 64.0 Å². The zero-order valence-corrected chi connectivity index (χ0v) is 19.1. The maximum absolute atomic E-state index is 14.2. The van der Waals surface area contributed by atoms with E-state index in [1.54, 1.807) is 35.0 Å². The molecule has 33 heavy (non-hydrogen) atoms. The Hall–Kier alpha value is -3.03. The third kappa shape index (κ3) is 3.96. The number of halogens is 1. The van der Waals surface area contributed by atoms with Crippen molar-refractivity contribution in [3.05, 3.63) is 85.0 Å². The van der Waals surface area contributed by atoms with Crippen molar-refractivity contribution in [2.24, 2.45) is 5.92 Å². The zero-order valence-electron chi connectivity index (χ0n) is 18.2. The molecule has 1 aliphatic heterocycles. The van der Waals surface area contributed by atoms with Crippen molar-refractivity contribution in [1.82, 2.24) is 14.9 Å². The SMILES string of the molecule is C=CC(n1cc(CC2CCNCC2)c2cc(F)ccc21)S(=O)(=O)c1cccc2cccnc12. The molecule has 0 bridgehead atoms. The Morgan fingerprint density at radius 1 is 1.18 bits per heavy atom. The number of aromatic nitrogens is 2. The quantitative estimate of drug-likeness (QED) is 0.408. The number of nitrogens with one attached hydrogen (secondary N) is 1. The molecule has 2 aromatic heterocycles. The number of sulfone groups is 1. The van der Waals surface area contributed by atoms with Crippen LogP contribution in [0.25, 0.3) is 21.8 Å². The molecule has 2 aromatic carbocycles. The second-order valence-corrected chi connectivity index (χ2v) is 10.6. The summed E-state index contributed by atoms with van der Waals surface area (Å²) in [7, 11) is -3.87. The first-order valence-electron chi connectivity index (χ1n) is 11.2. The summed E-state index contributed by atoms with van der Waals surface area (Å²) < 4.78 is 43.7. The van der Waals surface area contributed by atoms with Crippen LogP contribution >= 0.6 is 0 Å². The largest absolute Gasteiger partial charge is 0.326 e. The fourth-order valence-corrected chi connectivity index (χ4v) is 6.59. The summed E-state index contributed by atoms with van der Waals surface area (Å²) in [5.74, 6) is 0.151. The van der Waals surface area contributed by atoms with Gasteiger partial charge in [0.1, 0.15) is 5.82 Å². The van der Waals surface area contributed by atoms with E-state index in [4.69, 9.17) is 0 Å². The molecule has 170 valence electrons. The standard InChI is InChI=1S/C26H26FN3O2S/c1-2-25(33(31,32)24-7-3-5-19-6-4-12-29-26(19)24)30-17-20(15-18-10-13-28-14-11-18)22-16-21(27)8-9-23(22)30/h2-9,12,16-18,25,28H,1,10-11,13-15H2. The van der Waals surface area contributed by atoms with Crippen molar-refractivity contribution in [2.75, 3.05) is 13.1 Å². The number of hydrogen-bond acceptors (Lipinski definition) is 4. The average molecular weight is 464 g/mol. The first-order chi connectivity index (χ1) is 16.0. The summed E-state index contributed by atoms with van der Waals surface area (Å²) >= 11 is 0. The van der Waals surface area contributed by atoms with E-state index in [-0.39, 0.29) is 10.7 Å². The van der Waals surface area contributed by atoms with Gasteiger partial charge in [0.25, 0.3) is 0 Å². The van der Waals surface area contributed by atoms with Crippen molar-refractivity contribution in [3.8, 4) is 0 Å². The lowest BCUT2D eigenvalue weighted by Crippen LogP contribution is -2.28. The number of fused-ring (bicyclic) bond motifs is 2. The molecule has 3 heterocycles. The predicted octanol–water partition coefficient (Wildman–Crippen LogP) is 5.03. The Morgan fingerprint density at radius 2 is 1.97 bits per heavy atom. The van der Waals surface area contributed by atoms with Gasteiger partial charge in [-0.3, -0.25) is 4.98 Å². The lowest BCUT2D eigenvalue weighted by molar-refractivity contribution is 0.373. The number of nitrogens with zero attached hydrogens (tertiary/aromatic N) is 2. The van der Waals surface area contributed by atoms with Crippen molar-refractivity contribution < 1.29 is 12.8 Å². The summed E-state index contributed by atoms with van der Waals surface area (Å²) in [5.41, 5.74) is 2.08. The van der Waals surface area contributed by atoms with Crippen LogP contribution in [0.15, 0.2) is 78.5 Å². The van der Waals surface area contributed by atoms with Crippen LogP contribution in [0.2, 0.25) is 0 Å². The van der Waals surface area contributed by atoms with Crippen LogP contribution < -0.4 is 5.32 Å². The Labute approximate surface area is 192 Å². The number of benzene rings is 2. The molecule has 0 radical (unpaired) electrons. The second-order valence-electron chi connectivity index (χ2n) is 8.62. The maximum Gasteiger partial charge on any atom is 0.205 e. The van der Waals surface area contributed by atoms with E-state index >= 15 is 0 Å². The van der Waals surface area contributed by atoms with Crippen molar-refractivity contribution in [2.45, 2.75) is 29.5 Å². The molecule has 1 fully saturated rings. The summed E-state index contributed by atoms with van der Waals surface area (Å²) in [4.78, 5) is 4.50. The molecule has 1 aliphatic rings. The van der Waals surface area contributed by atoms with Gasteiger partial charge < -0.3 is 9.88 Å². The van der Waals surface area contributed by atoms with Crippen LogP contribution in [0.3, 0.4) is 0 Å². The highest BCUT2D eigenvalue weighted by Crippen LogP contribution is 2.35. The molecule has 7 heteroatoms. The van der Waals surface area contributed by atoms with Gasteiger partial charge in [0, 0.05) is 28.7 Å². The Bertz CT molecular complexity index is 1430. The van der Waals surface area contributed by atoms with E-state index in [2.05, 4.69) is 16.9 Å². The molecular formula is C26H26FN3O2S. The van der Waals surface area contributed by atoms with E-state index in [1.807, 2.05) is 18.3 Å². The van der Waals surface area contributed by atoms with Gasteiger partial charge in [-0.05, 0) is 74.2 Å². The molecule has 0 spiro atoms. The molecule has 5 rings (SSSR count). The van der Waals surface area contributed by atoms with Crippen molar-refractivity contribution in [1.29, 1.82) is 0 Å². The molecule has 0 saturated carbocycles. The third-order valence-electron chi connectivity index (χ3n) is 6.54. The summed E-state index contributed by atoms with van der Waals surface area (Å²) in [6.07, 6.45) is 7.78. The van der Waals surface area contributed by atoms with Crippen molar-refractivity contribution >= 4 is 31.6 Å². The van der Waals surface area contributed by atoms with E-state index < -0.39 is 15.2 Å². The highest BCUT2D eigenvalue weighted by atomic mass is 32.2. The minimum Gasteiger partial charge on any atom is -0.326 e. The van der Waals surface area contributed by atoms with E-state index in [0.717, 1.165) is 48.7 Å². The lowest BCUT2D eigenvalue weighted by atomic mass is 9.91. The fraction of sp³-hybridized carbons (Fsp3) is 0.269. The lowest BCUT2D eigenvalue weighted by Gasteiger charge is -2.22. The van der Waals surface area contributed by atoms with Crippen LogP contribution in [-0.2, 0) is 16.3 Å². The minimum atomic E-state index is -3.87. The maximum atomic E-state index is 14.2. The van der Waals surface area contributed by atoms with Crippen LogP contribution in [0.5, 0.6) is 0 Å². The molecule has 1 atom stereocenters. The van der Waals surface area contributed by atoms with Crippen LogP contribution in [0, 0.1) is 11.7 Å². The molecular weight excluding hydrogens is 437 g/mol. The van der Waals surface area contributed by atoms with Crippen molar-refractivity contribution in [3.63, 3.8) is 0 Å². The van der Waals surface area contributed by atoms with Gasteiger partial charge >= 0.3 is 0 Å². The Kier molecular flexibility index (Phi) is 5.76. The highest BCUT2D eigenvalue weighted by Gasteiger charge is 2.30. The average Bonchev–Trinajstić information content (AvgIpc) is 3.16. The smallest absolute Gasteiger partial charge is 0.205 e. The monoisotopic (exact) mass is 463 g/mol. The molecule has 1 saturated heterocycles. The predicted molar refractivity (Wildman–Crippen MR) is 129 cm³/mol. The molecule has 1 N–H and O–H groups in total. The van der Waals surface area contributed by atoms with Gasteiger partial charge in [0.15, 0.2) is 5.37 Å². The van der Waals surface area contributed by atoms with Gasteiger partial charge in [0.2, 0.25) is 9.84 Å². The zero-order chi connectivity index (χ0) is 23.0. The highest BCUT2D eigenvalue weighted by molar-refractivity contribution is 7.91. The summed E-state index contributed by atoms with van der Waals surface area (Å²) in [6.45, 7) is 5.79. The normalized spacial score (nSPS) is 16.3. The number of para-hydroxylation sites is 1. The van der Waals surface area contributed by atoms with Crippen LogP contribution in [0.1, 0.15) is 23.8 Å². The first kappa shape index (κ1) is 21.8. The Balaban J connectivity index is 1.64. The molecule has 1 unspecified atom stereocenters. The van der Waals surface area contributed by atoms with Crippen LogP contribution in [-0.4, -0.2) is 31.1 Å². The van der Waals surface area contributed by atoms with E-state index in [0.29, 0.717) is 17.0 Å². The van der Waals surface area contributed by atoms with Gasteiger partial charge in [-0.15, -0.1) is 0 Å². The first-order valence-corrected chi connectivity index (χ1v) is 12.7. The fourth-order valence-electron chi connectivity index (χ4n) is 4.89. The number of piperidine rings is 1. The van der Waals surface area contributed by atoms with Gasteiger partial charge in [-0.25, -0.2) is 12.8 Å². The number of pyridine rings is 1. The molecule has 0 aliphatic carbocycles. The van der Waals surface area contributed by atoms with E-state index in [1.165, 1.54) is 18.2 Å². The number of rotatable bonds is 6. The molecule has 5 nitrogen and oxygen atoms in total. The minimum absolute atomic E-state index is 0.161. The number of hydrogen-bond donors (Lipinski definition) is 1. The van der Waals surface area contributed by atoms with Crippen LogP contribution in [0.4, 0.5) is 4.39 Å². The van der Waals surface area contributed by atoms with Gasteiger partial charge in [-0.1, -0.05) is 30.9 Å². The van der Waals surface area contributed by atoms with Gasteiger partial charge in [-0.2, -0.15) is 0 Å². The van der Waals surface area contributed by atoms with Gasteiger partial charge in [0.05, 0.1) is 10.4 Å². The Morgan fingerprint density at radius 3 is 2.76 bits per heavy atom. The molecule has 0 amide bonds. The molecule has 4 aromatic rings. The third-order valence-corrected chi connectivity index (χ3v) is 8.54. The summed E-state index contributed by atoms with van der Waals surface area (Å²) in [6, 6.07) is 13.3. The van der Waals surface area contributed by atoms with E-state index in [9.17, 15) is 12.8 Å². The summed E-state index contributed by atoms with van der Waals surface area (Å²) in [5, 5.41) is 3.84. The second kappa shape index (κ2) is 8.72.